The number of unbranched alkanes of at least 4 members (excludes halogenated alkanes) is 2. The van der Waals surface area contributed by atoms with Crippen LogP contribution in [0.3, 0.4) is 0 Å². The number of hydrogen-bond donors (Lipinski definition) is 0. The molecular formula is C21H26F2O. The summed E-state index contributed by atoms with van der Waals surface area (Å²) in [5.74, 6) is 0.192. The van der Waals surface area contributed by atoms with Crippen LogP contribution in [0.5, 0.6) is 5.75 Å². The van der Waals surface area contributed by atoms with Crippen LogP contribution in [-0.2, 0) is 19.0 Å². The molecule has 0 saturated carbocycles. The van der Waals surface area contributed by atoms with E-state index in [9.17, 15) is 8.78 Å². The van der Waals surface area contributed by atoms with Crippen molar-refractivity contribution in [1.82, 2.24) is 0 Å². The van der Waals surface area contributed by atoms with Crippen molar-refractivity contribution < 1.29 is 13.5 Å². The summed E-state index contributed by atoms with van der Waals surface area (Å²) >= 11 is 0. The molecule has 1 nitrogen and oxygen atoms in total. The van der Waals surface area contributed by atoms with E-state index >= 15 is 0 Å². The van der Waals surface area contributed by atoms with Gasteiger partial charge in [-0.15, -0.1) is 0 Å². The van der Waals surface area contributed by atoms with E-state index < -0.39 is 6.11 Å². The highest BCUT2D eigenvalue weighted by Gasteiger charge is 2.34. The van der Waals surface area contributed by atoms with Gasteiger partial charge in [0.25, 0.3) is 0 Å². The van der Waals surface area contributed by atoms with Crippen LogP contribution >= 0.6 is 0 Å². The van der Waals surface area contributed by atoms with Crippen molar-refractivity contribution in [3.8, 4) is 5.75 Å². The monoisotopic (exact) mass is 332 g/mol. The second kappa shape index (κ2) is 8.81. The van der Waals surface area contributed by atoms with Crippen molar-refractivity contribution in [2.45, 2.75) is 58.5 Å². The molecule has 0 atom stereocenters. The largest absolute Gasteiger partial charge is 0.429 e. The fourth-order valence-electron chi connectivity index (χ4n) is 2.66. The van der Waals surface area contributed by atoms with Gasteiger partial charge in [0.1, 0.15) is 5.75 Å². The maximum absolute atomic E-state index is 14.3. The summed E-state index contributed by atoms with van der Waals surface area (Å²) in [4.78, 5) is 0. The average Bonchev–Trinajstić information content (AvgIpc) is 2.57. The first-order valence-electron chi connectivity index (χ1n) is 8.80. The highest BCUT2D eigenvalue weighted by atomic mass is 19.3. The summed E-state index contributed by atoms with van der Waals surface area (Å²) in [6.07, 6.45) is 3.02. The lowest BCUT2D eigenvalue weighted by atomic mass is 10.1. The van der Waals surface area contributed by atoms with Crippen molar-refractivity contribution in [2.24, 2.45) is 0 Å². The fraction of sp³-hybridized carbons (Fsp3) is 0.429. The van der Waals surface area contributed by atoms with Gasteiger partial charge in [-0.1, -0.05) is 57.4 Å². The molecule has 0 aromatic heterocycles. The lowest BCUT2D eigenvalue weighted by molar-refractivity contribution is -0.185. The van der Waals surface area contributed by atoms with Crippen LogP contribution in [0.15, 0.2) is 48.5 Å². The molecule has 0 amide bonds. The summed E-state index contributed by atoms with van der Waals surface area (Å²) in [6.45, 7) is 4.23. The molecule has 0 unspecified atom stereocenters. The maximum Gasteiger partial charge on any atom is 0.426 e. The van der Waals surface area contributed by atoms with E-state index in [2.05, 4.69) is 13.8 Å². The summed E-state index contributed by atoms with van der Waals surface area (Å²) in [7, 11) is 0. The smallest absolute Gasteiger partial charge is 0.426 e. The molecule has 0 aliphatic carbocycles. The van der Waals surface area contributed by atoms with Crippen LogP contribution < -0.4 is 4.74 Å². The molecular weight excluding hydrogens is 306 g/mol. The zero-order valence-electron chi connectivity index (χ0n) is 14.5. The summed E-state index contributed by atoms with van der Waals surface area (Å²) in [5, 5.41) is 0. The predicted octanol–water partition coefficient (Wildman–Crippen LogP) is 6.50. The van der Waals surface area contributed by atoms with Crippen LogP contribution in [0, 0.1) is 0 Å². The van der Waals surface area contributed by atoms with Crippen molar-refractivity contribution in [1.29, 1.82) is 0 Å². The van der Waals surface area contributed by atoms with Crippen molar-refractivity contribution in [3.63, 3.8) is 0 Å². The standard InChI is InChI=1S/C21H26F2O/c1-3-5-6-8-18-11-15-20(16-12-18)24-21(22,23)19-13-9-17(7-4-2)10-14-19/h9-16H,3-8H2,1-2H3. The average molecular weight is 332 g/mol. The highest BCUT2D eigenvalue weighted by Crippen LogP contribution is 2.32. The Hall–Kier alpha value is -1.90. The molecule has 2 rings (SSSR count). The molecule has 2 aromatic rings. The van der Waals surface area contributed by atoms with Gasteiger partial charge in [0.2, 0.25) is 0 Å². The maximum atomic E-state index is 14.3. The van der Waals surface area contributed by atoms with E-state index in [0.29, 0.717) is 0 Å². The first-order valence-corrected chi connectivity index (χ1v) is 8.80. The number of alkyl halides is 2. The van der Waals surface area contributed by atoms with Crippen molar-refractivity contribution in [3.05, 3.63) is 65.2 Å². The van der Waals surface area contributed by atoms with E-state index in [0.717, 1.165) is 36.8 Å². The molecule has 0 N–H and O–H groups in total. The minimum atomic E-state index is -3.32. The molecule has 2 aromatic carbocycles. The SMILES string of the molecule is CCCCCc1ccc(OC(F)(F)c2ccc(CCC)cc2)cc1. The number of benzene rings is 2. The van der Waals surface area contributed by atoms with Crippen LogP contribution in [0.4, 0.5) is 8.78 Å². The molecule has 0 heterocycles. The van der Waals surface area contributed by atoms with Gasteiger partial charge in [-0.3, -0.25) is 0 Å². The number of aryl methyl sites for hydroxylation is 2. The fourth-order valence-corrected chi connectivity index (χ4v) is 2.66. The molecule has 0 aliphatic heterocycles. The van der Waals surface area contributed by atoms with Crippen LogP contribution in [0.1, 0.15) is 56.2 Å². The number of halogens is 2. The van der Waals surface area contributed by atoms with E-state index in [1.165, 1.54) is 25.0 Å². The molecule has 0 bridgehead atoms. The minimum Gasteiger partial charge on any atom is -0.429 e. The molecule has 0 fully saturated rings. The topological polar surface area (TPSA) is 9.23 Å². The predicted molar refractivity (Wildman–Crippen MR) is 94.6 cm³/mol. The van der Waals surface area contributed by atoms with Gasteiger partial charge in [-0.25, -0.2) is 0 Å². The number of hydrogen-bond acceptors (Lipinski definition) is 1. The van der Waals surface area contributed by atoms with Crippen molar-refractivity contribution in [2.75, 3.05) is 0 Å². The van der Waals surface area contributed by atoms with Gasteiger partial charge in [-0.05, 0) is 54.7 Å². The van der Waals surface area contributed by atoms with Gasteiger partial charge in [0.15, 0.2) is 0 Å². The van der Waals surface area contributed by atoms with Crippen LogP contribution in [-0.4, -0.2) is 0 Å². The minimum absolute atomic E-state index is 0.116. The van der Waals surface area contributed by atoms with E-state index in [1.54, 1.807) is 24.3 Å². The molecule has 130 valence electrons. The molecule has 0 aliphatic rings. The van der Waals surface area contributed by atoms with Crippen LogP contribution in [0.2, 0.25) is 0 Å². The number of ether oxygens (including phenoxy) is 1. The van der Waals surface area contributed by atoms with Gasteiger partial charge in [-0.2, -0.15) is 8.78 Å². The lowest BCUT2D eigenvalue weighted by Gasteiger charge is -2.18. The third-order valence-corrected chi connectivity index (χ3v) is 4.07. The van der Waals surface area contributed by atoms with E-state index in [1.807, 2.05) is 12.1 Å². The normalized spacial score (nSPS) is 11.5. The molecule has 0 radical (unpaired) electrons. The molecule has 0 spiro atoms. The molecule has 24 heavy (non-hydrogen) atoms. The second-order valence-corrected chi connectivity index (χ2v) is 6.17. The number of rotatable bonds is 9. The molecule has 0 saturated heterocycles. The van der Waals surface area contributed by atoms with Gasteiger partial charge in [0.05, 0.1) is 5.56 Å². The highest BCUT2D eigenvalue weighted by molar-refractivity contribution is 5.30. The van der Waals surface area contributed by atoms with Crippen molar-refractivity contribution >= 4 is 0 Å². The Kier molecular flexibility index (Phi) is 6.77. The van der Waals surface area contributed by atoms with E-state index in [4.69, 9.17) is 4.74 Å². The Bertz CT molecular complexity index is 603. The first kappa shape index (κ1) is 18.4. The molecule has 3 heteroatoms. The van der Waals surface area contributed by atoms with Crippen LogP contribution in [0.25, 0.3) is 0 Å². The quantitative estimate of drug-likeness (QED) is 0.476. The summed E-state index contributed by atoms with van der Waals surface area (Å²) < 4.78 is 33.5. The zero-order chi connectivity index (χ0) is 17.4. The zero-order valence-corrected chi connectivity index (χ0v) is 14.5. The van der Waals surface area contributed by atoms with Gasteiger partial charge < -0.3 is 4.74 Å². The Morgan fingerprint density at radius 1 is 0.750 bits per heavy atom. The Labute approximate surface area is 143 Å². The summed E-state index contributed by atoms with van der Waals surface area (Å²) in [6, 6.07) is 13.4. The second-order valence-electron chi connectivity index (χ2n) is 6.17. The summed E-state index contributed by atoms with van der Waals surface area (Å²) in [5.41, 5.74) is 2.10. The third kappa shape index (κ3) is 5.33. The van der Waals surface area contributed by atoms with E-state index in [-0.39, 0.29) is 11.3 Å². The first-order chi connectivity index (χ1) is 11.5. The Morgan fingerprint density at radius 3 is 1.92 bits per heavy atom. The Morgan fingerprint density at radius 2 is 1.33 bits per heavy atom. The van der Waals surface area contributed by atoms with Gasteiger partial charge in [0, 0.05) is 0 Å². The lowest BCUT2D eigenvalue weighted by Crippen LogP contribution is -2.21. The Balaban J connectivity index is 1.99. The third-order valence-electron chi connectivity index (χ3n) is 4.07. The van der Waals surface area contributed by atoms with Gasteiger partial charge >= 0.3 is 6.11 Å².